The summed E-state index contributed by atoms with van der Waals surface area (Å²) in [5.74, 6) is 0.266. The van der Waals surface area contributed by atoms with E-state index in [9.17, 15) is 4.79 Å². The van der Waals surface area contributed by atoms with Gasteiger partial charge < -0.3 is 4.90 Å². The van der Waals surface area contributed by atoms with Crippen molar-refractivity contribution < 1.29 is 4.79 Å². The van der Waals surface area contributed by atoms with Gasteiger partial charge in [0.2, 0.25) is 0 Å². The Morgan fingerprint density at radius 3 is 2.56 bits per heavy atom. The van der Waals surface area contributed by atoms with E-state index in [-0.39, 0.29) is 5.78 Å². The highest BCUT2D eigenvalue weighted by Gasteiger charge is 2.02. The molecule has 2 heteroatoms. The first-order valence-corrected chi connectivity index (χ1v) is 5.82. The number of ketones is 1. The lowest BCUT2D eigenvalue weighted by Gasteiger charge is -2.16. The molecule has 0 amide bonds. The van der Waals surface area contributed by atoms with Crippen LogP contribution in [-0.4, -0.2) is 30.8 Å². The molecule has 0 bridgehead atoms. The number of hydrogen-bond acceptors (Lipinski definition) is 2. The number of benzene rings is 1. The van der Waals surface area contributed by atoms with Crippen molar-refractivity contribution in [2.24, 2.45) is 0 Å². The van der Waals surface area contributed by atoms with Crippen LogP contribution in [0.2, 0.25) is 0 Å². The van der Waals surface area contributed by atoms with Crippen LogP contribution in [0.5, 0.6) is 0 Å². The number of nitrogens with zero attached hydrogens (tertiary/aromatic N) is 1. The van der Waals surface area contributed by atoms with Crippen molar-refractivity contribution in [3.63, 3.8) is 0 Å². The summed E-state index contributed by atoms with van der Waals surface area (Å²) < 4.78 is 0. The predicted molar refractivity (Wildman–Crippen MR) is 67.7 cm³/mol. The quantitative estimate of drug-likeness (QED) is 0.732. The van der Waals surface area contributed by atoms with Crippen LogP contribution in [0.15, 0.2) is 24.3 Å². The maximum atomic E-state index is 10.8. The van der Waals surface area contributed by atoms with Gasteiger partial charge >= 0.3 is 0 Å². The third-order valence-corrected chi connectivity index (χ3v) is 2.87. The first-order valence-electron chi connectivity index (χ1n) is 5.82. The summed E-state index contributed by atoms with van der Waals surface area (Å²) in [5.41, 5.74) is 2.75. The van der Waals surface area contributed by atoms with Gasteiger partial charge in [-0.15, -0.1) is 0 Å². The van der Waals surface area contributed by atoms with Crippen LogP contribution in [0.1, 0.15) is 24.5 Å². The summed E-state index contributed by atoms with van der Waals surface area (Å²) in [6.07, 6.45) is 1.71. The number of hydrogen-bond donors (Lipinski definition) is 0. The van der Waals surface area contributed by atoms with Gasteiger partial charge in [-0.25, -0.2) is 0 Å². The lowest BCUT2D eigenvalue weighted by Crippen LogP contribution is -2.24. The Balaban J connectivity index is 2.34. The van der Waals surface area contributed by atoms with Crippen LogP contribution >= 0.6 is 0 Å². The molecule has 0 N–H and O–H groups in total. The Bertz CT molecular complexity index is 346. The van der Waals surface area contributed by atoms with E-state index in [1.165, 1.54) is 11.1 Å². The summed E-state index contributed by atoms with van der Waals surface area (Å²) in [7, 11) is 2.07. The molecule has 0 heterocycles. The summed E-state index contributed by atoms with van der Waals surface area (Å²) in [6, 6.07) is 8.47. The van der Waals surface area contributed by atoms with Crippen LogP contribution in [-0.2, 0) is 11.2 Å². The Morgan fingerprint density at radius 2 is 1.94 bits per heavy atom. The van der Waals surface area contributed by atoms with E-state index in [1.807, 2.05) is 0 Å². The lowest BCUT2D eigenvalue weighted by molar-refractivity contribution is -0.117. The first kappa shape index (κ1) is 12.9. The van der Waals surface area contributed by atoms with E-state index < -0.39 is 0 Å². The van der Waals surface area contributed by atoms with Gasteiger partial charge in [-0.2, -0.15) is 0 Å². The number of aryl methyl sites for hydroxylation is 1. The third kappa shape index (κ3) is 4.58. The summed E-state index contributed by atoms with van der Waals surface area (Å²) in [5, 5.41) is 0. The summed E-state index contributed by atoms with van der Waals surface area (Å²) >= 11 is 0. The van der Waals surface area contributed by atoms with Gasteiger partial charge in [0.1, 0.15) is 5.78 Å². The maximum Gasteiger partial charge on any atom is 0.131 e. The topological polar surface area (TPSA) is 20.3 Å². The molecule has 0 aromatic heterocycles. The lowest BCUT2D eigenvalue weighted by atomic mass is 10.1. The molecule has 0 fully saturated rings. The average Bonchev–Trinajstić information content (AvgIpc) is 2.25. The van der Waals surface area contributed by atoms with Crippen molar-refractivity contribution in [3.05, 3.63) is 35.4 Å². The molecule has 0 atom stereocenters. The van der Waals surface area contributed by atoms with Gasteiger partial charge in [-0.1, -0.05) is 24.3 Å². The van der Waals surface area contributed by atoms with E-state index in [0.29, 0.717) is 6.42 Å². The Labute approximate surface area is 98.3 Å². The van der Waals surface area contributed by atoms with Crippen molar-refractivity contribution in [2.45, 2.75) is 26.7 Å². The maximum absolute atomic E-state index is 10.8. The molecule has 0 unspecified atom stereocenters. The van der Waals surface area contributed by atoms with Gasteiger partial charge in [0, 0.05) is 19.5 Å². The fourth-order valence-corrected chi connectivity index (χ4v) is 1.66. The molecule has 2 nitrogen and oxygen atoms in total. The highest BCUT2D eigenvalue weighted by molar-refractivity contribution is 5.75. The van der Waals surface area contributed by atoms with Gasteiger partial charge in [-0.05, 0) is 38.4 Å². The molecule has 0 radical (unpaired) electrons. The second kappa shape index (κ2) is 6.44. The second-order valence-electron chi connectivity index (χ2n) is 4.43. The van der Waals surface area contributed by atoms with E-state index in [1.54, 1.807) is 6.92 Å². The van der Waals surface area contributed by atoms with Crippen LogP contribution in [0.3, 0.4) is 0 Å². The van der Waals surface area contributed by atoms with E-state index in [4.69, 9.17) is 0 Å². The molecule has 0 aliphatic carbocycles. The smallest absolute Gasteiger partial charge is 0.131 e. The molecule has 88 valence electrons. The highest BCUT2D eigenvalue weighted by Crippen LogP contribution is 2.08. The predicted octanol–water partition coefficient (Wildman–Crippen LogP) is 2.45. The highest BCUT2D eigenvalue weighted by atomic mass is 16.1. The molecule has 1 aromatic rings. The first-order chi connectivity index (χ1) is 7.59. The van der Waals surface area contributed by atoms with Crippen molar-refractivity contribution >= 4 is 5.78 Å². The number of carbonyl (C=O) groups excluding carboxylic acids is 1. The normalized spacial score (nSPS) is 10.8. The number of carbonyl (C=O) groups is 1. The molecular weight excluding hydrogens is 198 g/mol. The molecule has 0 saturated carbocycles. The van der Waals surface area contributed by atoms with E-state index in [2.05, 4.69) is 43.1 Å². The Kier molecular flexibility index (Phi) is 5.20. The van der Waals surface area contributed by atoms with Crippen LogP contribution in [0.25, 0.3) is 0 Å². The molecular formula is C14H21NO. The zero-order valence-electron chi connectivity index (χ0n) is 10.5. The monoisotopic (exact) mass is 219 g/mol. The number of Topliss-reactive ketones (excluding diaryl/α,β-unsaturated/α-hetero) is 1. The van der Waals surface area contributed by atoms with Crippen molar-refractivity contribution in [1.82, 2.24) is 4.90 Å². The standard InChI is InChI=1S/C14H21NO/c1-12-6-4-5-7-14(12)9-11-15(3)10-8-13(2)16/h4-7H,8-11H2,1-3H3. The Hall–Kier alpha value is -1.15. The molecule has 0 aliphatic rings. The molecule has 0 aliphatic heterocycles. The largest absolute Gasteiger partial charge is 0.306 e. The summed E-state index contributed by atoms with van der Waals surface area (Å²) in [4.78, 5) is 13.1. The van der Waals surface area contributed by atoms with Crippen molar-refractivity contribution in [2.75, 3.05) is 20.1 Å². The molecule has 0 saturated heterocycles. The third-order valence-electron chi connectivity index (χ3n) is 2.87. The molecule has 1 rings (SSSR count). The van der Waals surface area contributed by atoms with Gasteiger partial charge in [0.25, 0.3) is 0 Å². The number of likely N-dealkylation sites (N-methyl/N-ethyl adjacent to an activating group) is 1. The number of rotatable bonds is 6. The van der Waals surface area contributed by atoms with Gasteiger partial charge in [-0.3, -0.25) is 4.79 Å². The minimum atomic E-state index is 0.266. The van der Waals surface area contributed by atoms with Crippen LogP contribution in [0, 0.1) is 6.92 Å². The van der Waals surface area contributed by atoms with Crippen molar-refractivity contribution in [3.8, 4) is 0 Å². The fourth-order valence-electron chi connectivity index (χ4n) is 1.66. The molecule has 0 spiro atoms. The summed E-state index contributed by atoms with van der Waals surface area (Å²) in [6.45, 7) is 5.67. The molecule has 16 heavy (non-hydrogen) atoms. The molecule has 1 aromatic carbocycles. The SMILES string of the molecule is CC(=O)CCN(C)CCc1ccccc1C. The van der Waals surface area contributed by atoms with Crippen LogP contribution < -0.4 is 0 Å². The zero-order chi connectivity index (χ0) is 12.0. The van der Waals surface area contributed by atoms with Crippen molar-refractivity contribution in [1.29, 1.82) is 0 Å². The average molecular weight is 219 g/mol. The minimum absolute atomic E-state index is 0.266. The zero-order valence-corrected chi connectivity index (χ0v) is 10.5. The second-order valence-corrected chi connectivity index (χ2v) is 4.43. The Morgan fingerprint density at radius 1 is 1.25 bits per heavy atom. The van der Waals surface area contributed by atoms with E-state index >= 15 is 0 Å². The fraction of sp³-hybridized carbons (Fsp3) is 0.500. The van der Waals surface area contributed by atoms with E-state index in [0.717, 1.165) is 19.5 Å². The van der Waals surface area contributed by atoms with Gasteiger partial charge in [0.05, 0.1) is 0 Å². The minimum Gasteiger partial charge on any atom is -0.306 e. The van der Waals surface area contributed by atoms with Crippen LogP contribution in [0.4, 0.5) is 0 Å². The van der Waals surface area contributed by atoms with Gasteiger partial charge in [0.15, 0.2) is 0 Å².